The van der Waals surface area contributed by atoms with E-state index in [4.69, 9.17) is 0 Å². The molecule has 9 nitrogen and oxygen atoms in total. The summed E-state index contributed by atoms with van der Waals surface area (Å²) in [6.07, 6.45) is 1.65. The molecule has 1 aromatic carbocycles. The Morgan fingerprint density at radius 1 is 1.12 bits per heavy atom. The number of amides is 4. The number of nitrogens with one attached hydrogen (secondary N) is 3. The number of unbranched alkanes of at least 4 members (excludes halogenated alkanes) is 1. The van der Waals surface area contributed by atoms with E-state index in [-0.39, 0.29) is 11.8 Å². The molecule has 1 rings (SSSR count). The monoisotopic (exact) mass is 363 g/mol. The van der Waals surface area contributed by atoms with Gasteiger partial charge in [-0.1, -0.05) is 30.3 Å². The third-order valence-electron chi connectivity index (χ3n) is 3.62. The maximum atomic E-state index is 12.3. The quantitative estimate of drug-likeness (QED) is 0.330. The van der Waals surface area contributed by atoms with Gasteiger partial charge in [0, 0.05) is 27.1 Å². The first kappa shape index (κ1) is 21.1. The van der Waals surface area contributed by atoms with Crippen LogP contribution in [0.5, 0.6) is 0 Å². The summed E-state index contributed by atoms with van der Waals surface area (Å²) < 4.78 is 0. The van der Waals surface area contributed by atoms with Gasteiger partial charge in [-0.2, -0.15) is 5.01 Å². The zero-order valence-electron chi connectivity index (χ0n) is 15.0. The molecule has 0 aromatic heterocycles. The lowest BCUT2D eigenvalue weighted by Gasteiger charge is -2.18. The molecule has 4 amide bonds. The lowest BCUT2D eigenvalue weighted by Crippen LogP contribution is -2.45. The first-order valence-electron chi connectivity index (χ1n) is 8.37. The summed E-state index contributed by atoms with van der Waals surface area (Å²) >= 11 is 0. The number of nitroso groups, excluding NO2 is 1. The Balaban J connectivity index is 2.38. The van der Waals surface area contributed by atoms with Gasteiger partial charge in [-0.05, 0) is 24.8 Å². The summed E-state index contributed by atoms with van der Waals surface area (Å²) in [6, 6.07) is 8.26. The first-order chi connectivity index (χ1) is 12.4. The van der Waals surface area contributed by atoms with Crippen LogP contribution in [-0.4, -0.2) is 42.5 Å². The number of hydrogen-bond acceptors (Lipinski definition) is 5. The predicted octanol–water partition coefficient (Wildman–Crippen LogP) is 1.30. The molecule has 3 N–H and O–H groups in total. The highest BCUT2D eigenvalue weighted by molar-refractivity contribution is 5.86. The van der Waals surface area contributed by atoms with Gasteiger partial charge < -0.3 is 16.0 Å². The first-order valence-corrected chi connectivity index (χ1v) is 8.37. The average molecular weight is 363 g/mol. The van der Waals surface area contributed by atoms with Crippen LogP contribution in [0.2, 0.25) is 0 Å². The molecule has 0 aliphatic carbocycles. The van der Waals surface area contributed by atoms with Crippen molar-refractivity contribution in [2.75, 3.05) is 13.6 Å². The molecule has 0 spiro atoms. The highest BCUT2D eigenvalue weighted by Gasteiger charge is 2.18. The van der Waals surface area contributed by atoms with Crippen molar-refractivity contribution < 1.29 is 14.4 Å². The molecule has 0 radical (unpaired) electrons. The number of rotatable bonds is 10. The van der Waals surface area contributed by atoms with E-state index < -0.39 is 12.1 Å². The van der Waals surface area contributed by atoms with Gasteiger partial charge in [0.25, 0.3) is 0 Å². The summed E-state index contributed by atoms with van der Waals surface area (Å²) in [7, 11) is 1.26. The lowest BCUT2D eigenvalue weighted by atomic mass is 10.1. The summed E-state index contributed by atoms with van der Waals surface area (Å²) in [5.74, 6) is -0.533. The fraction of sp³-hybridized carbons (Fsp3) is 0.471. The van der Waals surface area contributed by atoms with Crippen molar-refractivity contribution in [3.8, 4) is 0 Å². The number of benzene rings is 1. The van der Waals surface area contributed by atoms with Gasteiger partial charge in [0.1, 0.15) is 6.04 Å². The van der Waals surface area contributed by atoms with E-state index in [2.05, 4.69) is 21.2 Å². The van der Waals surface area contributed by atoms with Crippen LogP contribution < -0.4 is 16.0 Å². The van der Waals surface area contributed by atoms with E-state index >= 15 is 0 Å². The van der Waals surface area contributed by atoms with Gasteiger partial charge in [-0.3, -0.25) is 9.59 Å². The number of nitrogens with zero attached hydrogens (tertiary/aromatic N) is 2. The number of carbonyl (C=O) groups excluding carboxylic acids is 3. The van der Waals surface area contributed by atoms with Gasteiger partial charge in [-0.25, -0.2) is 4.79 Å². The highest BCUT2D eigenvalue weighted by Crippen LogP contribution is 2.03. The zero-order chi connectivity index (χ0) is 19.4. The van der Waals surface area contributed by atoms with Crippen LogP contribution in [0, 0.1) is 4.91 Å². The van der Waals surface area contributed by atoms with E-state index in [1.54, 1.807) is 0 Å². The Morgan fingerprint density at radius 2 is 1.81 bits per heavy atom. The SMILES string of the molecule is CC(=O)N[C@@H](CCCCNC(=O)N(C)N=O)C(=O)NCc1ccccc1. The fourth-order valence-electron chi connectivity index (χ4n) is 2.24. The number of hydrogen-bond donors (Lipinski definition) is 3. The standard InChI is InChI=1S/C17H25N5O4/c1-13(23)20-15(10-6-7-11-18-17(25)22(2)21-26)16(24)19-12-14-8-4-3-5-9-14/h3-5,8-9,15H,6-7,10-12H2,1-2H3,(H,18,25)(H,19,24)(H,20,23)/t15-/m0/s1. The summed E-state index contributed by atoms with van der Waals surface area (Å²) in [4.78, 5) is 45.2. The Hall–Kier alpha value is -2.97. The summed E-state index contributed by atoms with van der Waals surface area (Å²) in [6.45, 7) is 2.09. The van der Waals surface area contributed by atoms with Crippen LogP contribution in [0.4, 0.5) is 4.79 Å². The van der Waals surface area contributed by atoms with Crippen LogP contribution in [0.1, 0.15) is 31.7 Å². The van der Waals surface area contributed by atoms with Crippen molar-refractivity contribution in [2.24, 2.45) is 5.29 Å². The van der Waals surface area contributed by atoms with E-state index in [1.165, 1.54) is 14.0 Å². The minimum absolute atomic E-state index is 0.252. The second-order valence-corrected chi connectivity index (χ2v) is 5.79. The van der Waals surface area contributed by atoms with Crippen LogP contribution in [0.15, 0.2) is 35.6 Å². The number of urea groups is 1. The largest absolute Gasteiger partial charge is 0.350 e. The Labute approximate surface area is 152 Å². The van der Waals surface area contributed by atoms with Gasteiger partial charge in [0.05, 0.1) is 5.29 Å². The normalized spacial score (nSPS) is 11.2. The minimum Gasteiger partial charge on any atom is -0.350 e. The molecular weight excluding hydrogens is 338 g/mol. The lowest BCUT2D eigenvalue weighted by molar-refractivity contribution is -0.128. The molecule has 0 saturated carbocycles. The Morgan fingerprint density at radius 3 is 2.42 bits per heavy atom. The Kier molecular flexibility index (Phi) is 9.37. The number of carbonyl (C=O) groups is 3. The molecule has 0 bridgehead atoms. The molecule has 1 atom stereocenters. The van der Waals surface area contributed by atoms with Gasteiger partial charge >= 0.3 is 6.03 Å². The molecule has 0 aliphatic heterocycles. The van der Waals surface area contributed by atoms with Crippen LogP contribution in [-0.2, 0) is 16.1 Å². The molecule has 0 aliphatic rings. The third kappa shape index (κ3) is 8.22. The topological polar surface area (TPSA) is 120 Å². The van der Waals surface area contributed by atoms with E-state index in [9.17, 15) is 19.3 Å². The van der Waals surface area contributed by atoms with Crippen molar-refractivity contribution in [1.82, 2.24) is 21.0 Å². The molecular formula is C17H25N5O4. The highest BCUT2D eigenvalue weighted by atomic mass is 16.3. The van der Waals surface area contributed by atoms with E-state index in [1.807, 2.05) is 30.3 Å². The van der Waals surface area contributed by atoms with Crippen LogP contribution >= 0.6 is 0 Å². The molecule has 9 heteroatoms. The molecule has 1 aromatic rings. The molecule has 0 saturated heterocycles. The van der Waals surface area contributed by atoms with E-state index in [0.717, 1.165) is 5.56 Å². The van der Waals surface area contributed by atoms with Crippen molar-refractivity contribution in [2.45, 2.75) is 38.8 Å². The second-order valence-electron chi connectivity index (χ2n) is 5.79. The van der Waals surface area contributed by atoms with Gasteiger partial charge in [-0.15, -0.1) is 4.91 Å². The maximum absolute atomic E-state index is 12.3. The van der Waals surface area contributed by atoms with E-state index in [0.29, 0.717) is 37.4 Å². The van der Waals surface area contributed by atoms with Crippen molar-refractivity contribution >= 4 is 17.8 Å². The zero-order valence-corrected chi connectivity index (χ0v) is 15.0. The minimum atomic E-state index is -0.633. The summed E-state index contributed by atoms with van der Waals surface area (Å²) in [5.41, 5.74) is 0.970. The molecule has 0 fully saturated rings. The predicted molar refractivity (Wildman–Crippen MR) is 96.7 cm³/mol. The molecule has 0 unspecified atom stereocenters. The average Bonchev–Trinajstić information content (AvgIpc) is 2.64. The fourth-order valence-corrected chi connectivity index (χ4v) is 2.24. The van der Waals surface area contributed by atoms with Crippen molar-refractivity contribution in [3.63, 3.8) is 0 Å². The second kappa shape index (κ2) is 11.6. The third-order valence-corrected chi connectivity index (χ3v) is 3.62. The molecule has 142 valence electrons. The molecule has 26 heavy (non-hydrogen) atoms. The van der Waals surface area contributed by atoms with Crippen molar-refractivity contribution in [3.05, 3.63) is 40.8 Å². The smallest absolute Gasteiger partial charge is 0.340 e. The van der Waals surface area contributed by atoms with Crippen LogP contribution in [0.3, 0.4) is 0 Å². The van der Waals surface area contributed by atoms with Crippen molar-refractivity contribution in [1.29, 1.82) is 0 Å². The van der Waals surface area contributed by atoms with Crippen LogP contribution in [0.25, 0.3) is 0 Å². The molecule has 0 heterocycles. The van der Waals surface area contributed by atoms with Gasteiger partial charge in [0.15, 0.2) is 0 Å². The maximum Gasteiger partial charge on any atom is 0.340 e. The van der Waals surface area contributed by atoms with Gasteiger partial charge in [0.2, 0.25) is 11.8 Å². The Bertz CT molecular complexity index is 608. The summed E-state index contributed by atoms with van der Waals surface area (Å²) in [5, 5.41) is 11.1.